The Hall–Kier alpha value is -2.31. The van der Waals surface area contributed by atoms with E-state index in [2.05, 4.69) is 20.5 Å². The van der Waals surface area contributed by atoms with Gasteiger partial charge in [-0.1, -0.05) is 0 Å². The van der Waals surface area contributed by atoms with Crippen LogP contribution in [-0.4, -0.2) is 21.1 Å². The molecule has 1 amide bonds. The first-order valence-electron chi connectivity index (χ1n) is 4.19. The van der Waals surface area contributed by atoms with Crippen LogP contribution in [0.25, 0.3) is 0 Å². The molecule has 0 unspecified atom stereocenters. The topological polar surface area (TPSA) is 110 Å². The number of anilines is 2. The van der Waals surface area contributed by atoms with Gasteiger partial charge < -0.3 is 10.2 Å². The van der Waals surface area contributed by atoms with E-state index in [-0.39, 0.29) is 17.4 Å². The molecular formula is C8H9N5O2. The molecule has 2 heterocycles. The summed E-state index contributed by atoms with van der Waals surface area (Å²) < 4.78 is 4.95. The highest BCUT2D eigenvalue weighted by molar-refractivity contribution is 6.05. The lowest BCUT2D eigenvalue weighted by molar-refractivity contribution is 0.102. The molecule has 15 heavy (non-hydrogen) atoms. The van der Waals surface area contributed by atoms with Gasteiger partial charge in [-0.2, -0.15) is 10.1 Å². The van der Waals surface area contributed by atoms with Crippen molar-refractivity contribution in [2.75, 3.05) is 11.1 Å². The van der Waals surface area contributed by atoms with Gasteiger partial charge in [0.25, 0.3) is 5.91 Å². The molecule has 2 aromatic rings. The third kappa shape index (κ3) is 1.80. The van der Waals surface area contributed by atoms with Crippen LogP contribution < -0.4 is 11.1 Å². The highest BCUT2D eigenvalue weighted by Crippen LogP contribution is 2.11. The quantitative estimate of drug-likeness (QED) is 0.665. The highest BCUT2D eigenvalue weighted by Gasteiger charge is 2.13. The van der Waals surface area contributed by atoms with Crippen molar-refractivity contribution in [3.05, 3.63) is 23.8 Å². The number of nitrogen functional groups attached to an aromatic ring is 1. The van der Waals surface area contributed by atoms with Crippen LogP contribution in [0.3, 0.4) is 0 Å². The summed E-state index contributed by atoms with van der Waals surface area (Å²) in [5, 5.41) is 8.54. The molecule has 0 aromatic carbocycles. The number of nitrogens with one attached hydrogen (secondary N) is 2. The van der Waals surface area contributed by atoms with Crippen LogP contribution in [0.15, 0.2) is 16.9 Å². The summed E-state index contributed by atoms with van der Waals surface area (Å²) >= 11 is 0. The average molecular weight is 207 g/mol. The Kier molecular flexibility index (Phi) is 2.13. The zero-order valence-corrected chi connectivity index (χ0v) is 7.94. The number of nitrogens with two attached hydrogens (primary N) is 1. The molecule has 7 heteroatoms. The molecule has 78 valence electrons. The first-order valence-corrected chi connectivity index (χ1v) is 4.19. The van der Waals surface area contributed by atoms with Gasteiger partial charge in [-0.15, -0.1) is 0 Å². The van der Waals surface area contributed by atoms with E-state index in [1.807, 2.05) is 0 Å². The largest absolute Gasteiger partial charge is 0.432 e. The second-order valence-corrected chi connectivity index (χ2v) is 2.95. The zero-order valence-electron chi connectivity index (χ0n) is 7.94. The molecule has 7 nitrogen and oxygen atoms in total. The molecular weight excluding hydrogens is 198 g/mol. The number of aromatic amines is 1. The number of hydrogen-bond donors (Lipinski definition) is 3. The Morgan fingerprint density at radius 3 is 3.00 bits per heavy atom. The van der Waals surface area contributed by atoms with Gasteiger partial charge in [0.2, 0.25) is 0 Å². The number of aromatic nitrogens is 3. The summed E-state index contributed by atoms with van der Waals surface area (Å²) in [6, 6.07) is 0.131. The Morgan fingerprint density at radius 1 is 1.67 bits per heavy atom. The third-order valence-corrected chi connectivity index (χ3v) is 1.74. The van der Waals surface area contributed by atoms with E-state index in [9.17, 15) is 4.79 Å². The number of hydrogen-bond acceptors (Lipinski definition) is 5. The lowest BCUT2D eigenvalue weighted by atomic mass is 10.3. The van der Waals surface area contributed by atoms with E-state index in [1.54, 1.807) is 6.92 Å². The Bertz CT molecular complexity index is 487. The predicted octanol–water partition coefficient (Wildman–Crippen LogP) is 0.541. The predicted molar refractivity (Wildman–Crippen MR) is 52.2 cm³/mol. The smallest absolute Gasteiger partial charge is 0.301 e. The first-order chi connectivity index (χ1) is 7.16. The molecule has 0 saturated heterocycles. The normalized spacial score (nSPS) is 10.2. The van der Waals surface area contributed by atoms with Crippen molar-refractivity contribution < 1.29 is 9.21 Å². The van der Waals surface area contributed by atoms with E-state index in [0.29, 0.717) is 5.69 Å². The van der Waals surface area contributed by atoms with Crippen LogP contribution in [-0.2, 0) is 0 Å². The Balaban J connectivity index is 2.14. The molecule has 4 N–H and O–H groups in total. The van der Waals surface area contributed by atoms with Crippen molar-refractivity contribution in [3.63, 3.8) is 0 Å². The molecule has 2 rings (SSSR count). The van der Waals surface area contributed by atoms with E-state index in [0.717, 1.165) is 0 Å². The molecule has 0 radical (unpaired) electrons. The van der Waals surface area contributed by atoms with Gasteiger partial charge in [-0.3, -0.25) is 15.2 Å². The number of rotatable bonds is 2. The minimum Gasteiger partial charge on any atom is -0.432 e. The maximum absolute atomic E-state index is 11.5. The number of carbonyl (C=O) groups is 1. The van der Waals surface area contributed by atoms with Gasteiger partial charge in [-0.25, -0.2) is 0 Å². The lowest BCUT2D eigenvalue weighted by Crippen LogP contribution is -2.14. The van der Waals surface area contributed by atoms with Crippen molar-refractivity contribution in [2.45, 2.75) is 6.92 Å². The summed E-state index contributed by atoms with van der Waals surface area (Å²) in [5.41, 5.74) is 6.64. The number of nitrogens with zero attached hydrogens (tertiary/aromatic N) is 2. The van der Waals surface area contributed by atoms with Crippen LogP contribution in [0.2, 0.25) is 0 Å². The van der Waals surface area contributed by atoms with Crippen LogP contribution in [0, 0.1) is 6.92 Å². The molecule has 0 aliphatic carbocycles. The molecule has 0 bridgehead atoms. The van der Waals surface area contributed by atoms with Gasteiger partial charge >= 0.3 is 6.01 Å². The maximum atomic E-state index is 11.5. The standard InChI is InChI=1S/C8H9N5O2/c1-4-3-15-8(11-4)12-7(14)6-5(9)2-10-13-6/h2-3H,9H2,1H3,(H,10,13)(H,11,12,14). The summed E-state index contributed by atoms with van der Waals surface area (Å²) in [4.78, 5) is 15.5. The van der Waals surface area contributed by atoms with Gasteiger partial charge in [0.15, 0.2) is 0 Å². The minimum absolute atomic E-state index is 0.131. The molecule has 0 atom stereocenters. The molecule has 0 fully saturated rings. The fraction of sp³-hybridized carbons (Fsp3) is 0.125. The summed E-state index contributed by atoms with van der Waals surface area (Å²) in [6.45, 7) is 1.75. The number of aryl methyl sites for hydroxylation is 1. The molecule has 0 aliphatic heterocycles. The monoisotopic (exact) mass is 207 g/mol. The fourth-order valence-electron chi connectivity index (χ4n) is 1.05. The molecule has 2 aromatic heterocycles. The molecule has 0 spiro atoms. The van der Waals surface area contributed by atoms with Gasteiger partial charge in [-0.05, 0) is 6.92 Å². The zero-order chi connectivity index (χ0) is 10.8. The first kappa shape index (κ1) is 9.25. The van der Waals surface area contributed by atoms with Gasteiger partial charge in [0.05, 0.1) is 17.6 Å². The Morgan fingerprint density at radius 2 is 2.47 bits per heavy atom. The van der Waals surface area contributed by atoms with E-state index in [4.69, 9.17) is 10.2 Å². The van der Waals surface area contributed by atoms with Gasteiger partial charge in [0.1, 0.15) is 12.0 Å². The number of oxazole rings is 1. The second kappa shape index (κ2) is 3.45. The molecule has 0 saturated carbocycles. The lowest BCUT2D eigenvalue weighted by Gasteiger charge is -1.97. The van der Waals surface area contributed by atoms with E-state index >= 15 is 0 Å². The van der Waals surface area contributed by atoms with Crippen LogP contribution in [0.4, 0.5) is 11.7 Å². The average Bonchev–Trinajstić information content (AvgIpc) is 2.75. The molecule has 0 aliphatic rings. The fourth-order valence-corrected chi connectivity index (χ4v) is 1.05. The van der Waals surface area contributed by atoms with Crippen LogP contribution >= 0.6 is 0 Å². The third-order valence-electron chi connectivity index (χ3n) is 1.74. The highest BCUT2D eigenvalue weighted by atomic mass is 16.4. The van der Waals surface area contributed by atoms with E-state index in [1.165, 1.54) is 12.5 Å². The summed E-state index contributed by atoms with van der Waals surface area (Å²) in [5.74, 6) is -0.438. The van der Waals surface area contributed by atoms with Crippen molar-refractivity contribution >= 4 is 17.6 Å². The van der Waals surface area contributed by atoms with Crippen molar-refractivity contribution in [2.24, 2.45) is 0 Å². The second-order valence-electron chi connectivity index (χ2n) is 2.95. The summed E-state index contributed by atoms with van der Waals surface area (Å²) in [6.07, 6.45) is 2.79. The summed E-state index contributed by atoms with van der Waals surface area (Å²) in [7, 11) is 0. The number of amides is 1. The van der Waals surface area contributed by atoms with Crippen LogP contribution in [0.1, 0.15) is 16.2 Å². The van der Waals surface area contributed by atoms with Crippen molar-refractivity contribution in [3.8, 4) is 0 Å². The van der Waals surface area contributed by atoms with Crippen molar-refractivity contribution in [1.82, 2.24) is 15.2 Å². The Labute approximate surface area is 84.7 Å². The van der Waals surface area contributed by atoms with Crippen molar-refractivity contribution in [1.29, 1.82) is 0 Å². The van der Waals surface area contributed by atoms with E-state index < -0.39 is 5.91 Å². The number of carbonyl (C=O) groups excluding carboxylic acids is 1. The number of H-pyrrole nitrogens is 1. The maximum Gasteiger partial charge on any atom is 0.301 e. The van der Waals surface area contributed by atoms with Gasteiger partial charge in [0, 0.05) is 0 Å². The van der Waals surface area contributed by atoms with Crippen LogP contribution in [0.5, 0.6) is 0 Å². The minimum atomic E-state index is -0.438. The SMILES string of the molecule is Cc1coc(NC(=O)c2[nH]ncc2N)n1.